The Morgan fingerprint density at radius 3 is 2.21 bits per heavy atom. The van der Waals surface area contributed by atoms with Crippen molar-refractivity contribution in [2.75, 3.05) is 24.3 Å². The minimum absolute atomic E-state index is 0.00520. The van der Waals surface area contributed by atoms with E-state index in [1.807, 2.05) is 60.7 Å². The molecule has 6 rings (SSSR count). The molecule has 2 aromatic heterocycles. The first-order valence-corrected chi connectivity index (χ1v) is 16.1. The molecule has 4 aromatic carbocycles. The monoisotopic (exact) mass is 652 g/mol. The fraction of sp³-hybridized carbons (Fsp3) is 0.111. The second-order valence-corrected chi connectivity index (χ2v) is 12.4. The topological polar surface area (TPSA) is 102 Å². The summed E-state index contributed by atoms with van der Waals surface area (Å²) in [4.78, 5) is 8.69. The summed E-state index contributed by atoms with van der Waals surface area (Å²) in [6.07, 6.45) is 2.21. The smallest absolute Gasteiger partial charge is 0.262 e. The van der Waals surface area contributed by atoms with Gasteiger partial charge in [-0.3, -0.25) is 4.72 Å². The number of hydrogen-bond acceptors (Lipinski definition) is 7. The van der Waals surface area contributed by atoms with E-state index in [1.165, 1.54) is 7.11 Å². The number of methoxy groups -OCH3 is 2. The molecule has 0 radical (unpaired) electrons. The summed E-state index contributed by atoms with van der Waals surface area (Å²) in [5.74, 6) is -0.480. The maximum absolute atomic E-state index is 13.8. The number of fused-ring (bicyclic) bond motifs is 1. The zero-order valence-electron chi connectivity index (χ0n) is 25.5. The van der Waals surface area contributed by atoms with Crippen molar-refractivity contribution in [2.24, 2.45) is 0 Å². The molecule has 0 bridgehead atoms. The van der Waals surface area contributed by atoms with Crippen LogP contribution in [0.1, 0.15) is 16.7 Å². The first-order valence-electron chi connectivity index (χ1n) is 14.6. The number of nitrogens with zero attached hydrogens (tertiary/aromatic N) is 2. The third kappa shape index (κ3) is 7.31. The standard InChI is InChI=1S/C36H30F2N4O4S/c1-45-31-11-8-24(9-12-31)21-39-35-27(14-23-6-4-3-5-7-23)16-26-15-25(10-13-33(26)41-35)28-17-34(36(46-2)40-22-28)42-47(43,44)32-19-29(37)18-30(38)20-32/h3-13,15-20,22,42H,14,21H2,1-2H3,(H,39,41). The van der Waals surface area contributed by atoms with E-state index in [0.717, 1.165) is 56.9 Å². The Labute approximate surface area is 271 Å². The summed E-state index contributed by atoms with van der Waals surface area (Å²) in [6, 6.07) is 29.4. The minimum atomic E-state index is -4.37. The first-order chi connectivity index (χ1) is 22.7. The highest BCUT2D eigenvalue weighted by Crippen LogP contribution is 2.33. The number of pyridine rings is 2. The third-order valence-electron chi connectivity index (χ3n) is 7.52. The van der Waals surface area contributed by atoms with Gasteiger partial charge in [-0.25, -0.2) is 27.2 Å². The molecule has 0 atom stereocenters. The number of rotatable bonds is 11. The normalized spacial score (nSPS) is 11.3. The Hall–Kier alpha value is -5.55. The molecule has 0 saturated heterocycles. The lowest BCUT2D eigenvalue weighted by Gasteiger charge is -2.15. The Morgan fingerprint density at radius 2 is 1.51 bits per heavy atom. The molecule has 8 nitrogen and oxygen atoms in total. The van der Waals surface area contributed by atoms with Gasteiger partial charge in [-0.2, -0.15) is 0 Å². The van der Waals surface area contributed by atoms with Crippen molar-refractivity contribution in [3.63, 3.8) is 0 Å². The first kappa shape index (κ1) is 31.4. The molecule has 0 aliphatic heterocycles. The van der Waals surface area contributed by atoms with Gasteiger partial charge in [0.25, 0.3) is 10.0 Å². The van der Waals surface area contributed by atoms with Gasteiger partial charge in [-0.05, 0) is 70.8 Å². The lowest BCUT2D eigenvalue weighted by Crippen LogP contribution is -2.14. The molecule has 0 saturated carbocycles. The number of halogens is 2. The van der Waals surface area contributed by atoms with Crippen LogP contribution < -0.4 is 19.5 Å². The molecular formula is C36H30F2N4O4S. The average molecular weight is 653 g/mol. The number of ether oxygens (including phenoxy) is 2. The number of anilines is 2. The Kier molecular flexibility index (Phi) is 8.99. The van der Waals surface area contributed by atoms with Crippen molar-refractivity contribution in [3.05, 3.63) is 138 Å². The van der Waals surface area contributed by atoms with Gasteiger partial charge in [0.05, 0.1) is 24.6 Å². The SMILES string of the molecule is COc1ccc(CNc2nc3ccc(-c4cnc(OC)c(NS(=O)(=O)c5cc(F)cc(F)c5)c4)cc3cc2Cc2ccccc2)cc1. The summed E-state index contributed by atoms with van der Waals surface area (Å²) in [7, 11) is -1.39. The number of aromatic nitrogens is 2. The van der Waals surface area contributed by atoms with Gasteiger partial charge in [0, 0.05) is 36.2 Å². The molecule has 2 heterocycles. The van der Waals surface area contributed by atoms with Gasteiger partial charge < -0.3 is 14.8 Å². The van der Waals surface area contributed by atoms with E-state index in [1.54, 1.807) is 19.4 Å². The summed E-state index contributed by atoms with van der Waals surface area (Å²) in [6.45, 7) is 0.570. The summed E-state index contributed by atoms with van der Waals surface area (Å²) in [5, 5.41) is 4.37. The number of nitrogens with one attached hydrogen (secondary N) is 2. The maximum atomic E-state index is 13.8. The van der Waals surface area contributed by atoms with E-state index in [-0.39, 0.29) is 11.6 Å². The molecule has 0 spiro atoms. The Balaban J connectivity index is 1.34. The van der Waals surface area contributed by atoms with E-state index in [0.29, 0.717) is 24.6 Å². The molecule has 0 aliphatic carbocycles. The third-order valence-corrected chi connectivity index (χ3v) is 8.86. The molecule has 11 heteroatoms. The van der Waals surface area contributed by atoms with Crippen LogP contribution in [0, 0.1) is 11.6 Å². The van der Waals surface area contributed by atoms with Crippen LogP contribution in [0.4, 0.5) is 20.3 Å². The van der Waals surface area contributed by atoms with E-state index in [2.05, 4.69) is 33.2 Å². The highest BCUT2D eigenvalue weighted by Gasteiger charge is 2.20. The summed E-state index contributed by atoms with van der Waals surface area (Å²) >= 11 is 0. The van der Waals surface area contributed by atoms with Crippen LogP contribution in [0.2, 0.25) is 0 Å². The van der Waals surface area contributed by atoms with E-state index in [4.69, 9.17) is 14.5 Å². The van der Waals surface area contributed by atoms with Crippen molar-refractivity contribution >= 4 is 32.4 Å². The largest absolute Gasteiger partial charge is 0.497 e. The van der Waals surface area contributed by atoms with Crippen LogP contribution in [0.25, 0.3) is 22.0 Å². The molecule has 238 valence electrons. The van der Waals surface area contributed by atoms with Gasteiger partial charge in [0.15, 0.2) is 0 Å². The molecule has 0 aliphatic rings. The maximum Gasteiger partial charge on any atom is 0.262 e. The fourth-order valence-electron chi connectivity index (χ4n) is 5.17. The van der Waals surface area contributed by atoms with Crippen LogP contribution in [0.15, 0.2) is 114 Å². The summed E-state index contributed by atoms with van der Waals surface area (Å²) in [5.41, 5.74) is 5.31. The Bertz CT molecular complexity index is 2140. The van der Waals surface area contributed by atoms with Crippen molar-refractivity contribution in [1.29, 1.82) is 0 Å². The molecule has 0 fully saturated rings. The molecule has 0 amide bonds. The molecule has 6 aromatic rings. The van der Waals surface area contributed by atoms with Gasteiger partial charge in [-0.15, -0.1) is 0 Å². The van der Waals surface area contributed by atoms with Gasteiger partial charge in [0.1, 0.15) is 28.9 Å². The second kappa shape index (κ2) is 13.4. The number of sulfonamides is 1. The van der Waals surface area contributed by atoms with Gasteiger partial charge in [0.2, 0.25) is 5.88 Å². The van der Waals surface area contributed by atoms with E-state index >= 15 is 0 Å². The number of hydrogen-bond donors (Lipinski definition) is 2. The average Bonchev–Trinajstić information content (AvgIpc) is 3.07. The predicted octanol–water partition coefficient (Wildman–Crippen LogP) is 7.60. The molecular weight excluding hydrogens is 622 g/mol. The van der Waals surface area contributed by atoms with Gasteiger partial charge >= 0.3 is 0 Å². The van der Waals surface area contributed by atoms with Gasteiger partial charge in [-0.1, -0.05) is 48.5 Å². The molecule has 47 heavy (non-hydrogen) atoms. The van der Waals surface area contributed by atoms with Crippen LogP contribution in [-0.2, 0) is 23.0 Å². The van der Waals surface area contributed by atoms with Crippen molar-refractivity contribution in [1.82, 2.24) is 9.97 Å². The van der Waals surface area contributed by atoms with E-state index < -0.39 is 26.6 Å². The van der Waals surface area contributed by atoms with Crippen LogP contribution in [0.5, 0.6) is 11.6 Å². The van der Waals surface area contributed by atoms with Crippen LogP contribution in [-0.4, -0.2) is 32.6 Å². The van der Waals surface area contributed by atoms with Crippen LogP contribution in [0.3, 0.4) is 0 Å². The minimum Gasteiger partial charge on any atom is -0.497 e. The van der Waals surface area contributed by atoms with Crippen molar-refractivity contribution < 1.29 is 26.7 Å². The number of benzene rings is 4. The van der Waals surface area contributed by atoms with Crippen molar-refractivity contribution in [2.45, 2.75) is 17.9 Å². The zero-order chi connectivity index (χ0) is 33.0. The Morgan fingerprint density at radius 1 is 0.766 bits per heavy atom. The summed E-state index contributed by atoms with van der Waals surface area (Å²) < 4.78 is 66.6. The van der Waals surface area contributed by atoms with E-state index in [9.17, 15) is 17.2 Å². The van der Waals surface area contributed by atoms with Crippen LogP contribution >= 0.6 is 0 Å². The lowest BCUT2D eigenvalue weighted by molar-refractivity contribution is 0.400. The highest BCUT2D eigenvalue weighted by atomic mass is 32.2. The molecule has 2 N–H and O–H groups in total. The highest BCUT2D eigenvalue weighted by molar-refractivity contribution is 7.92. The second-order valence-electron chi connectivity index (χ2n) is 10.8. The zero-order valence-corrected chi connectivity index (χ0v) is 26.3. The quantitative estimate of drug-likeness (QED) is 0.149. The predicted molar refractivity (Wildman–Crippen MR) is 178 cm³/mol. The van der Waals surface area contributed by atoms with Crippen molar-refractivity contribution in [3.8, 4) is 22.8 Å². The lowest BCUT2D eigenvalue weighted by atomic mass is 10.0. The fourth-order valence-corrected chi connectivity index (χ4v) is 6.25. The molecule has 0 unspecified atom stereocenters.